The van der Waals surface area contributed by atoms with Gasteiger partial charge in [-0.15, -0.1) is 12.4 Å². The molecule has 4 rings (SSSR count). The van der Waals surface area contributed by atoms with E-state index in [0.717, 1.165) is 43.1 Å². The number of halogens is 1. The Labute approximate surface area is 149 Å². The topological polar surface area (TPSA) is 49.4 Å². The number of piperidine rings is 1. The first kappa shape index (κ1) is 17.7. The molecule has 0 atom stereocenters. The summed E-state index contributed by atoms with van der Waals surface area (Å²) in [4.78, 5) is 0.446. The Bertz CT molecular complexity index is 827. The Hall–Kier alpha value is -1.14. The summed E-state index contributed by atoms with van der Waals surface area (Å²) in [6.07, 6.45) is 3.14. The Morgan fingerprint density at radius 1 is 0.958 bits per heavy atom. The highest BCUT2D eigenvalue weighted by atomic mass is 35.5. The summed E-state index contributed by atoms with van der Waals surface area (Å²) < 4.78 is 28.1. The molecule has 0 amide bonds. The molecule has 2 aliphatic heterocycles. The summed E-state index contributed by atoms with van der Waals surface area (Å²) >= 11 is 0. The molecular formula is C18H23ClN2O2S. The summed E-state index contributed by atoms with van der Waals surface area (Å²) in [5.74, 6) is 0. The van der Waals surface area contributed by atoms with Crippen molar-refractivity contribution in [3.8, 4) is 0 Å². The molecular weight excluding hydrogens is 344 g/mol. The second kappa shape index (κ2) is 6.64. The molecule has 130 valence electrons. The van der Waals surface area contributed by atoms with Crippen molar-refractivity contribution >= 4 is 33.2 Å². The molecule has 0 aromatic heterocycles. The van der Waals surface area contributed by atoms with Crippen molar-refractivity contribution in [1.82, 2.24) is 9.62 Å². The van der Waals surface area contributed by atoms with Crippen LogP contribution in [0.2, 0.25) is 0 Å². The third-order valence-electron chi connectivity index (χ3n) is 5.43. The van der Waals surface area contributed by atoms with Gasteiger partial charge in [0.15, 0.2) is 0 Å². The van der Waals surface area contributed by atoms with Gasteiger partial charge in [-0.2, -0.15) is 4.31 Å². The molecule has 2 saturated heterocycles. The van der Waals surface area contributed by atoms with Gasteiger partial charge in [-0.25, -0.2) is 8.42 Å². The van der Waals surface area contributed by atoms with Crippen LogP contribution in [-0.4, -0.2) is 38.9 Å². The minimum atomic E-state index is -3.43. The fourth-order valence-electron chi connectivity index (χ4n) is 4.02. The molecule has 0 aliphatic carbocycles. The van der Waals surface area contributed by atoms with Gasteiger partial charge >= 0.3 is 0 Å². The lowest BCUT2D eigenvalue weighted by atomic mass is 9.78. The monoisotopic (exact) mass is 366 g/mol. The van der Waals surface area contributed by atoms with Gasteiger partial charge < -0.3 is 5.32 Å². The summed E-state index contributed by atoms with van der Waals surface area (Å²) in [6.45, 7) is 3.32. The second-order valence-electron chi connectivity index (χ2n) is 6.82. The third-order valence-corrected chi connectivity index (χ3v) is 7.34. The molecule has 0 radical (unpaired) electrons. The number of hydrogen-bond donors (Lipinski definition) is 1. The highest BCUT2D eigenvalue weighted by molar-refractivity contribution is 7.89. The van der Waals surface area contributed by atoms with E-state index >= 15 is 0 Å². The zero-order chi connectivity index (χ0) is 15.9. The Kier molecular flexibility index (Phi) is 4.89. The second-order valence-corrected chi connectivity index (χ2v) is 8.72. The molecule has 2 fully saturated rings. The number of benzene rings is 2. The van der Waals surface area contributed by atoms with Crippen LogP contribution in [0.3, 0.4) is 0 Å². The van der Waals surface area contributed by atoms with Crippen molar-refractivity contribution in [2.75, 3.05) is 26.2 Å². The zero-order valence-corrected chi connectivity index (χ0v) is 15.2. The molecule has 0 saturated carbocycles. The minimum Gasteiger partial charge on any atom is -0.317 e. The van der Waals surface area contributed by atoms with Crippen molar-refractivity contribution in [3.63, 3.8) is 0 Å². The molecule has 0 unspecified atom stereocenters. The van der Waals surface area contributed by atoms with Crippen LogP contribution in [0.15, 0.2) is 47.4 Å². The quantitative estimate of drug-likeness (QED) is 0.888. The summed E-state index contributed by atoms with van der Waals surface area (Å²) in [7, 11) is -3.43. The number of hydrogen-bond acceptors (Lipinski definition) is 3. The van der Waals surface area contributed by atoms with Gasteiger partial charge in [0, 0.05) is 18.5 Å². The lowest BCUT2D eigenvalue weighted by Crippen LogP contribution is -2.39. The van der Waals surface area contributed by atoms with E-state index in [1.807, 2.05) is 36.4 Å². The third kappa shape index (κ3) is 2.94. The van der Waals surface area contributed by atoms with E-state index in [4.69, 9.17) is 0 Å². The average Bonchev–Trinajstić information content (AvgIpc) is 2.99. The van der Waals surface area contributed by atoms with Crippen LogP contribution in [0.1, 0.15) is 19.3 Å². The fourth-order valence-corrected chi connectivity index (χ4v) is 5.79. The van der Waals surface area contributed by atoms with E-state index in [9.17, 15) is 8.42 Å². The smallest absolute Gasteiger partial charge is 0.243 e. The van der Waals surface area contributed by atoms with Gasteiger partial charge in [0.2, 0.25) is 10.0 Å². The van der Waals surface area contributed by atoms with Crippen LogP contribution in [0.25, 0.3) is 10.8 Å². The van der Waals surface area contributed by atoms with Crippen molar-refractivity contribution in [2.45, 2.75) is 24.2 Å². The van der Waals surface area contributed by atoms with Crippen molar-refractivity contribution in [3.05, 3.63) is 42.5 Å². The van der Waals surface area contributed by atoms with Crippen molar-refractivity contribution < 1.29 is 8.42 Å². The maximum atomic E-state index is 13.2. The molecule has 2 aromatic carbocycles. The van der Waals surface area contributed by atoms with Gasteiger partial charge in [0.1, 0.15) is 0 Å². The van der Waals surface area contributed by atoms with Gasteiger partial charge in [-0.05, 0) is 49.2 Å². The molecule has 2 aromatic rings. The van der Waals surface area contributed by atoms with E-state index < -0.39 is 10.0 Å². The molecule has 1 spiro atoms. The Morgan fingerprint density at radius 2 is 1.67 bits per heavy atom. The van der Waals surface area contributed by atoms with Crippen molar-refractivity contribution in [1.29, 1.82) is 0 Å². The maximum absolute atomic E-state index is 13.2. The summed E-state index contributed by atoms with van der Waals surface area (Å²) in [5.41, 5.74) is 0.183. The summed E-state index contributed by atoms with van der Waals surface area (Å²) in [6, 6.07) is 13.3. The largest absolute Gasteiger partial charge is 0.317 e. The molecule has 1 N–H and O–H groups in total. The Morgan fingerprint density at radius 3 is 2.46 bits per heavy atom. The zero-order valence-electron chi connectivity index (χ0n) is 13.6. The van der Waals surface area contributed by atoms with E-state index in [-0.39, 0.29) is 17.8 Å². The normalized spacial score (nSPS) is 21.0. The first-order chi connectivity index (χ1) is 11.1. The highest BCUT2D eigenvalue weighted by Crippen LogP contribution is 2.41. The number of fused-ring (bicyclic) bond motifs is 1. The van der Waals surface area contributed by atoms with E-state index in [2.05, 4.69) is 5.32 Å². The summed E-state index contributed by atoms with van der Waals surface area (Å²) in [5, 5.41) is 5.17. The minimum absolute atomic E-state index is 0. The number of sulfonamides is 1. The van der Waals surface area contributed by atoms with Crippen LogP contribution in [0, 0.1) is 5.41 Å². The number of nitrogens with zero attached hydrogens (tertiary/aromatic N) is 1. The van der Waals surface area contributed by atoms with Crippen molar-refractivity contribution in [2.24, 2.45) is 5.41 Å². The molecule has 2 heterocycles. The average molecular weight is 367 g/mol. The maximum Gasteiger partial charge on any atom is 0.243 e. The van der Waals surface area contributed by atoms with Gasteiger partial charge in [-0.1, -0.05) is 36.4 Å². The van der Waals surface area contributed by atoms with Crippen LogP contribution in [-0.2, 0) is 10.0 Å². The van der Waals surface area contributed by atoms with Crippen LogP contribution >= 0.6 is 12.4 Å². The van der Waals surface area contributed by atoms with Gasteiger partial charge in [0.05, 0.1) is 4.90 Å². The van der Waals surface area contributed by atoms with Crippen LogP contribution in [0.4, 0.5) is 0 Å². The van der Waals surface area contributed by atoms with Gasteiger partial charge in [-0.3, -0.25) is 0 Å². The molecule has 6 heteroatoms. The van der Waals surface area contributed by atoms with E-state index in [1.54, 1.807) is 10.4 Å². The molecule has 4 nitrogen and oxygen atoms in total. The molecule has 24 heavy (non-hydrogen) atoms. The SMILES string of the molecule is Cl.O=S(=O)(c1cccc2ccccc12)N1CCC2(CCNCC2)C1. The van der Waals surface area contributed by atoms with Gasteiger partial charge in [0.25, 0.3) is 0 Å². The predicted octanol–water partition coefficient (Wildman–Crippen LogP) is 3.03. The Balaban J connectivity index is 0.00000169. The lowest BCUT2D eigenvalue weighted by Gasteiger charge is -2.33. The predicted molar refractivity (Wildman–Crippen MR) is 99.1 cm³/mol. The van der Waals surface area contributed by atoms with Crippen LogP contribution < -0.4 is 5.32 Å². The first-order valence-corrected chi connectivity index (χ1v) is 9.74. The van der Waals surface area contributed by atoms with E-state index in [0.29, 0.717) is 18.0 Å². The number of nitrogens with one attached hydrogen (secondary N) is 1. The van der Waals surface area contributed by atoms with Crippen LogP contribution in [0.5, 0.6) is 0 Å². The number of rotatable bonds is 2. The highest BCUT2D eigenvalue weighted by Gasteiger charge is 2.43. The lowest BCUT2D eigenvalue weighted by molar-refractivity contribution is 0.218. The molecule has 2 aliphatic rings. The fraction of sp³-hybridized carbons (Fsp3) is 0.444. The standard InChI is InChI=1S/C18H22N2O2S.ClH/c21-23(22,17-7-3-5-15-4-1-2-6-16(15)17)20-13-10-18(14-20)8-11-19-12-9-18;/h1-7,19H,8-14H2;1H. The van der Waals surface area contributed by atoms with E-state index in [1.165, 1.54) is 0 Å². The first-order valence-electron chi connectivity index (χ1n) is 8.30. The molecule has 0 bridgehead atoms.